The predicted molar refractivity (Wildman–Crippen MR) is 116 cm³/mol. The van der Waals surface area contributed by atoms with Gasteiger partial charge in [0.05, 0.1) is 42.2 Å². The molecule has 0 fully saturated rings. The van der Waals surface area contributed by atoms with Crippen LogP contribution in [0.4, 0.5) is 0 Å². The topological polar surface area (TPSA) is 203 Å². The van der Waals surface area contributed by atoms with E-state index < -0.39 is 20.5 Å². The SMILES string of the molecule is CCCOC(C)=NC(C)(C)C(C)[S+]1c2ccccc2Sc2ccccc21.[O-][Cl+3]([O-])([O-])O.[O-][Cl+3]([O-])([O-])[O-]. The molecule has 3 rings (SSSR count). The second-order valence-corrected chi connectivity index (χ2v) is 12.8. The summed E-state index contributed by atoms with van der Waals surface area (Å²) in [7, 11) is -9.65. The first-order valence-electron chi connectivity index (χ1n) is 10.5. The molecular weight excluding hydrogens is 557 g/mol. The zero-order valence-electron chi connectivity index (χ0n) is 20.3. The van der Waals surface area contributed by atoms with Gasteiger partial charge in [0, 0.05) is 6.92 Å². The Kier molecular flexibility index (Phi) is 12.9. The van der Waals surface area contributed by atoms with E-state index in [-0.39, 0.29) is 16.4 Å². The van der Waals surface area contributed by atoms with Gasteiger partial charge in [0.1, 0.15) is 5.54 Å². The number of fused-ring (bicyclic) bond motifs is 2. The van der Waals surface area contributed by atoms with Crippen LogP contribution in [0.25, 0.3) is 0 Å². The van der Waals surface area contributed by atoms with Gasteiger partial charge in [0.2, 0.25) is 0 Å². The van der Waals surface area contributed by atoms with E-state index in [2.05, 4.69) is 76.2 Å². The van der Waals surface area contributed by atoms with Crippen LogP contribution in [-0.4, -0.2) is 28.0 Å². The third-order valence-electron chi connectivity index (χ3n) is 4.70. The molecule has 10 nitrogen and oxygen atoms in total. The lowest BCUT2D eigenvalue weighted by Crippen LogP contribution is -2.68. The number of halogens is 2. The highest BCUT2D eigenvalue weighted by atomic mass is 35.7. The monoisotopic (exact) mass is 585 g/mol. The van der Waals surface area contributed by atoms with Crippen LogP contribution in [0.3, 0.4) is 0 Å². The summed E-state index contributed by atoms with van der Waals surface area (Å²) in [5.41, 5.74) is -0.205. The zero-order valence-corrected chi connectivity index (χ0v) is 23.5. The first-order valence-corrected chi connectivity index (χ1v) is 15.1. The molecule has 1 aliphatic heterocycles. The molecule has 0 spiro atoms. The van der Waals surface area contributed by atoms with Gasteiger partial charge in [-0.25, -0.2) is 23.6 Å². The molecule has 1 N–H and O–H groups in total. The van der Waals surface area contributed by atoms with E-state index in [0.29, 0.717) is 5.25 Å². The van der Waals surface area contributed by atoms with Crippen LogP contribution in [0, 0.1) is 20.5 Å². The van der Waals surface area contributed by atoms with Crippen molar-refractivity contribution in [1.29, 1.82) is 0 Å². The van der Waals surface area contributed by atoms with Gasteiger partial charge in [-0.3, -0.25) is 0 Å². The van der Waals surface area contributed by atoms with Gasteiger partial charge < -0.3 is 4.74 Å². The van der Waals surface area contributed by atoms with Gasteiger partial charge in [-0.1, -0.05) is 43.0 Å². The van der Waals surface area contributed by atoms with Crippen molar-refractivity contribution < 1.29 is 62.5 Å². The lowest BCUT2D eigenvalue weighted by Gasteiger charge is -2.30. The van der Waals surface area contributed by atoms with Crippen molar-refractivity contribution in [3.8, 4) is 0 Å². The van der Waals surface area contributed by atoms with E-state index >= 15 is 0 Å². The van der Waals surface area contributed by atoms with Crippen molar-refractivity contribution in [2.45, 2.75) is 71.4 Å². The summed E-state index contributed by atoms with van der Waals surface area (Å²) in [5, 5.41) is 0.367. The Balaban J connectivity index is 0.000000550. The third kappa shape index (κ3) is 12.4. The summed E-state index contributed by atoms with van der Waals surface area (Å²) in [6, 6.07) is 17.7. The van der Waals surface area contributed by atoms with E-state index in [1.165, 1.54) is 19.6 Å². The number of hydrogen-bond acceptors (Lipinski definition) is 11. The lowest BCUT2D eigenvalue weighted by atomic mass is 10.0. The Bertz CT molecular complexity index is 928. The van der Waals surface area contributed by atoms with Crippen LogP contribution in [0.2, 0.25) is 0 Å². The summed E-state index contributed by atoms with van der Waals surface area (Å²) in [6.45, 7) is 11.6. The van der Waals surface area contributed by atoms with Crippen LogP contribution in [0.1, 0.15) is 41.0 Å². The fourth-order valence-corrected chi connectivity index (χ4v) is 7.42. The smallest absolute Gasteiger partial charge is 0.180 e. The van der Waals surface area contributed by atoms with E-state index in [0.717, 1.165) is 18.9 Å². The summed E-state index contributed by atoms with van der Waals surface area (Å²) >= 11 is 1.89. The Hall–Kier alpha value is -1.13. The number of aliphatic imine (C=N–C) groups is 1. The summed E-state index contributed by atoms with van der Waals surface area (Å²) < 4.78 is 72.4. The second-order valence-electron chi connectivity index (χ2n) is 7.88. The van der Waals surface area contributed by atoms with Gasteiger partial charge >= 0.3 is 0 Å². The van der Waals surface area contributed by atoms with E-state index in [4.69, 9.17) is 47.0 Å². The number of hydrogen-bond donors (Lipinski definition) is 1. The van der Waals surface area contributed by atoms with Crippen molar-refractivity contribution in [3.05, 3.63) is 48.5 Å². The first kappa shape index (κ1) is 32.9. The molecule has 1 aliphatic rings. The fourth-order valence-electron chi connectivity index (χ4n) is 3.12. The highest BCUT2D eigenvalue weighted by Gasteiger charge is 2.47. The average Bonchev–Trinajstić information content (AvgIpc) is 2.73. The zero-order chi connectivity index (χ0) is 27.7. The van der Waals surface area contributed by atoms with Crippen LogP contribution < -0.4 is 32.6 Å². The maximum Gasteiger partial charge on any atom is 0.180 e. The van der Waals surface area contributed by atoms with Crippen molar-refractivity contribution in [3.63, 3.8) is 0 Å². The molecule has 0 amide bonds. The minimum Gasteiger partial charge on any atom is -0.481 e. The number of benzene rings is 2. The first-order chi connectivity index (χ1) is 16.4. The maximum atomic E-state index is 8.60. The maximum absolute atomic E-state index is 8.60. The number of ether oxygens (including phenoxy) is 1. The van der Waals surface area contributed by atoms with Crippen LogP contribution in [-0.2, 0) is 15.6 Å². The van der Waals surface area contributed by atoms with Crippen LogP contribution >= 0.6 is 11.8 Å². The minimum absolute atomic E-state index is 0.0143. The lowest BCUT2D eigenvalue weighted by molar-refractivity contribution is -2.00. The molecule has 0 saturated heterocycles. The molecule has 2 aromatic carbocycles. The molecule has 0 aromatic heterocycles. The molecule has 0 bridgehead atoms. The van der Waals surface area contributed by atoms with E-state index in [1.807, 2.05) is 18.7 Å². The molecule has 0 radical (unpaired) electrons. The van der Waals surface area contributed by atoms with Crippen molar-refractivity contribution in [2.24, 2.45) is 4.99 Å². The molecule has 0 saturated carbocycles. The Morgan fingerprint density at radius 3 is 1.75 bits per heavy atom. The quantitative estimate of drug-likeness (QED) is 0.218. The molecule has 1 heterocycles. The molecule has 1 unspecified atom stereocenters. The summed E-state index contributed by atoms with van der Waals surface area (Å²) in [5.74, 6) is 0.792. The van der Waals surface area contributed by atoms with Gasteiger partial charge in [0.15, 0.2) is 20.9 Å². The van der Waals surface area contributed by atoms with Gasteiger partial charge in [-0.2, -0.15) is 14.0 Å². The molecule has 0 aliphatic carbocycles. The van der Waals surface area contributed by atoms with E-state index in [1.54, 1.807) is 0 Å². The number of rotatable bonds is 5. The average molecular weight is 587 g/mol. The Morgan fingerprint density at radius 1 is 0.972 bits per heavy atom. The minimum atomic E-state index is -4.94. The fraction of sp³-hybridized carbons (Fsp3) is 0.409. The molecule has 2 aromatic rings. The predicted octanol–water partition coefficient (Wildman–Crippen LogP) is -2.68. The number of nitrogens with zero attached hydrogens (tertiary/aromatic N) is 1. The summed E-state index contributed by atoms with van der Waals surface area (Å²) in [4.78, 5) is 10.6. The highest BCUT2D eigenvalue weighted by Crippen LogP contribution is 2.48. The second kappa shape index (κ2) is 14.1. The molecular formula is C22H29Cl2NO9S2. The van der Waals surface area contributed by atoms with Crippen LogP contribution in [0.15, 0.2) is 73.1 Å². The van der Waals surface area contributed by atoms with Gasteiger partial charge in [-0.05, 0) is 51.5 Å². The van der Waals surface area contributed by atoms with Gasteiger partial charge in [-0.15, -0.1) is 10.2 Å². The molecule has 36 heavy (non-hydrogen) atoms. The van der Waals surface area contributed by atoms with Crippen LogP contribution in [0.5, 0.6) is 0 Å². The molecule has 1 atom stereocenters. The van der Waals surface area contributed by atoms with Crippen molar-refractivity contribution in [1.82, 2.24) is 0 Å². The standard InChI is InChI=1S/C22H28NOS2.2ClHO4/c1-6-15-24-17(3)23-22(4,5)16(2)26-20-13-9-7-11-18(20)25-19-12-8-10-14-21(19)26;2*2-1(3,4)5/h7-14,16H,6,15H2,1-5H3;2*(H,2,3,4,5)/q+1;;/p-1. The Morgan fingerprint density at radius 2 is 1.36 bits per heavy atom. The molecule has 202 valence electrons. The third-order valence-corrected chi connectivity index (χ3v) is 9.06. The molecule has 14 heteroatoms. The Labute approximate surface area is 222 Å². The largest absolute Gasteiger partial charge is 0.481 e. The van der Waals surface area contributed by atoms with Crippen molar-refractivity contribution >= 4 is 28.6 Å². The van der Waals surface area contributed by atoms with Gasteiger partial charge in [0.25, 0.3) is 0 Å². The highest BCUT2D eigenvalue weighted by molar-refractivity contribution is 8.04. The van der Waals surface area contributed by atoms with E-state index in [9.17, 15) is 0 Å². The normalized spacial score (nSPS) is 14.9. The summed E-state index contributed by atoms with van der Waals surface area (Å²) in [6.07, 6.45) is 1.01. The van der Waals surface area contributed by atoms with Crippen molar-refractivity contribution in [2.75, 3.05) is 6.61 Å².